The van der Waals surface area contributed by atoms with E-state index in [0.29, 0.717) is 13.0 Å². The van der Waals surface area contributed by atoms with Gasteiger partial charge in [-0.25, -0.2) is 0 Å². The number of nitrogens with one attached hydrogen (secondary N) is 1. The van der Waals surface area contributed by atoms with Gasteiger partial charge in [-0.05, 0) is 18.1 Å². The van der Waals surface area contributed by atoms with Crippen molar-refractivity contribution in [2.75, 3.05) is 0 Å². The summed E-state index contributed by atoms with van der Waals surface area (Å²) in [7, 11) is 0. The second-order valence-electron chi connectivity index (χ2n) is 5.12. The normalized spacial score (nSPS) is 11.9. The third-order valence-corrected chi connectivity index (χ3v) is 3.21. The van der Waals surface area contributed by atoms with Crippen LogP contribution in [0.2, 0.25) is 0 Å². The van der Waals surface area contributed by atoms with E-state index in [4.69, 9.17) is 4.74 Å². The predicted octanol–water partition coefficient (Wildman–Crippen LogP) is 3.30. The standard InChI is InChI=1S/C18H21NO2/c1-15(19-13-16-8-4-2-5-9-16)12-18(20)21-14-17-10-6-3-7-11-17/h2-11,15,19H,12-14H2,1H3/t15-/m1/s1. The summed E-state index contributed by atoms with van der Waals surface area (Å²) in [5.41, 5.74) is 2.22. The molecule has 0 heterocycles. The van der Waals surface area contributed by atoms with Gasteiger partial charge in [0.2, 0.25) is 0 Å². The van der Waals surface area contributed by atoms with E-state index in [2.05, 4.69) is 17.4 Å². The lowest BCUT2D eigenvalue weighted by molar-refractivity contribution is -0.145. The highest BCUT2D eigenvalue weighted by molar-refractivity contribution is 5.70. The predicted molar refractivity (Wildman–Crippen MR) is 83.6 cm³/mol. The summed E-state index contributed by atoms with van der Waals surface area (Å²) >= 11 is 0. The van der Waals surface area contributed by atoms with Gasteiger partial charge in [-0.15, -0.1) is 0 Å². The number of rotatable bonds is 7. The summed E-state index contributed by atoms with van der Waals surface area (Å²) < 4.78 is 5.27. The average molecular weight is 283 g/mol. The molecule has 0 aromatic heterocycles. The monoisotopic (exact) mass is 283 g/mol. The molecule has 0 spiro atoms. The number of ether oxygens (including phenoxy) is 1. The Balaban J connectivity index is 1.67. The van der Waals surface area contributed by atoms with Crippen LogP contribution in [0.4, 0.5) is 0 Å². The average Bonchev–Trinajstić information content (AvgIpc) is 2.53. The van der Waals surface area contributed by atoms with Gasteiger partial charge >= 0.3 is 5.97 Å². The Morgan fingerprint density at radius 3 is 2.19 bits per heavy atom. The first kappa shape index (κ1) is 15.3. The van der Waals surface area contributed by atoms with Crippen LogP contribution in [0, 0.1) is 0 Å². The van der Waals surface area contributed by atoms with E-state index in [-0.39, 0.29) is 12.0 Å². The van der Waals surface area contributed by atoms with Crippen LogP contribution in [-0.2, 0) is 22.7 Å². The Morgan fingerprint density at radius 1 is 1.00 bits per heavy atom. The summed E-state index contributed by atoms with van der Waals surface area (Å²) in [6.45, 7) is 3.09. The smallest absolute Gasteiger partial charge is 0.307 e. The molecule has 0 unspecified atom stereocenters. The first-order valence-electron chi connectivity index (χ1n) is 7.21. The molecule has 0 aliphatic heterocycles. The fourth-order valence-electron chi connectivity index (χ4n) is 2.01. The molecule has 21 heavy (non-hydrogen) atoms. The molecule has 0 fully saturated rings. The van der Waals surface area contributed by atoms with Crippen molar-refractivity contribution in [1.29, 1.82) is 0 Å². The Bertz CT molecular complexity index is 540. The maximum Gasteiger partial charge on any atom is 0.307 e. The minimum atomic E-state index is -0.174. The quantitative estimate of drug-likeness (QED) is 0.792. The van der Waals surface area contributed by atoms with Crippen LogP contribution < -0.4 is 5.32 Å². The van der Waals surface area contributed by atoms with Gasteiger partial charge in [0.25, 0.3) is 0 Å². The maximum atomic E-state index is 11.8. The molecule has 0 bridgehead atoms. The van der Waals surface area contributed by atoms with Gasteiger partial charge in [0.15, 0.2) is 0 Å². The molecule has 2 rings (SSSR count). The summed E-state index contributed by atoms with van der Waals surface area (Å²) in [5, 5.41) is 3.33. The number of hydrogen-bond donors (Lipinski definition) is 1. The van der Waals surface area contributed by atoms with Gasteiger partial charge in [-0.2, -0.15) is 0 Å². The van der Waals surface area contributed by atoms with E-state index < -0.39 is 0 Å². The first-order valence-corrected chi connectivity index (χ1v) is 7.21. The van der Waals surface area contributed by atoms with Crippen LogP contribution in [-0.4, -0.2) is 12.0 Å². The van der Waals surface area contributed by atoms with Gasteiger partial charge in [-0.3, -0.25) is 4.79 Å². The van der Waals surface area contributed by atoms with Crippen LogP contribution in [0.25, 0.3) is 0 Å². The van der Waals surface area contributed by atoms with E-state index >= 15 is 0 Å². The van der Waals surface area contributed by atoms with Crippen molar-refractivity contribution >= 4 is 5.97 Å². The van der Waals surface area contributed by atoms with Crippen LogP contribution in [0.15, 0.2) is 60.7 Å². The molecular formula is C18H21NO2. The van der Waals surface area contributed by atoms with Crippen molar-refractivity contribution in [1.82, 2.24) is 5.32 Å². The van der Waals surface area contributed by atoms with Gasteiger partial charge in [0, 0.05) is 12.6 Å². The van der Waals surface area contributed by atoms with E-state index in [0.717, 1.165) is 12.1 Å². The molecule has 3 nitrogen and oxygen atoms in total. The van der Waals surface area contributed by atoms with Gasteiger partial charge < -0.3 is 10.1 Å². The Morgan fingerprint density at radius 2 is 1.57 bits per heavy atom. The fraction of sp³-hybridized carbons (Fsp3) is 0.278. The molecule has 0 radical (unpaired) electrons. The zero-order valence-electron chi connectivity index (χ0n) is 12.3. The molecular weight excluding hydrogens is 262 g/mol. The summed E-state index contributed by atoms with van der Waals surface area (Å²) in [4.78, 5) is 11.8. The third-order valence-electron chi connectivity index (χ3n) is 3.21. The highest BCUT2D eigenvalue weighted by atomic mass is 16.5. The molecule has 3 heteroatoms. The number of carbonyl (C=O) groups excluding carboxylic acids is 1. The zero-order chi connectivity index (χ0) is 14.9. The third kappa shape index (κ3) is 5.79. The van der Waals surface area contributed by atoms with Crippen molar-refractivity contribution in [2.45, 2.75) is 32.5 Å². The van der Waals surface area contributed by atoms with Gasteiger partial charge in [0.05, 0.1) is 6.42 Å². The molecule has 110 valence electrons. The van der Waals surface area contributed by atoms with Crippen molar-refractivity contribution in [3.63, 3.8) is 0 Å². The van der Waals surface area contributed by atoms with E-state index in [9.17, 15) is 4.79 Å². The topological polar surface area (TPSA) is 38.3 Å². The number of hydrogen-bond acceptors (Lipinski definition) is 3. The minimum Gasteiger partial charge on any atom is -0.461 e. The van der Waals surface area contributed by atoms with Crippen molar-refractivity contribution < 1.29 is 9.53 Å². The highest BCUT2D eigenvalue weighted by Gasteiger charge is 2.10. The van der Waals surface area contributed by atoms with Crippen molar-refractivity contribution in [3.05, 3.63) is 71.8 Å². The lowest BCUT2D eigenvalue weighted by atomic mass is 10.2. The van der Waals surface area contributed by atoms with Crippen molar-refractivity contribution in [3.8, 4) is 0 Å². The molecule has 0 aliphatic carbocycles. The number of benzene rings is 2. The fourth-order valence-corrected chi connectivity index (χ4v) is 2.01. The SMILES string of the molecule is C[C@H](CC(=O)OCc1ccccc1)NCc1ccccc1. The lowest BCUT2D eigenvalue weighted by Crippen LogP contribution is -2.28. The minimum absolute atomic E-state index is 0.0912. The van der Waals surface area contributed by atoms with E-state index in [1.807, 2.05) is 55.5 Å². The summed E-state index contributed by atoms with van der Waals surface area (Å²) in [5.74, 6) is -0.174. The van der Waals surface area contributed by atoms with Crippen molar-refractivity contribution in [2.24, 2.45) is 0 Å². The van der Waals surface area contributed by atoms with Crippen LogP contribution in [0.1, 0.15) is 24.5 Å². The molecule has 0 saturated carbocycles. The maximum absolute atomic E-state index is 11.8. The summed E-state index contributed by atoms with van der Waals surface area (Å²) in [6.07, 6.45) is 0.375. The second kappa shape index (κ2) is 8.22. The van der Waals surface area contributed by atoms with Gasteiger partial charge in [-0.1, -0.05) is 60.7 Å². The molecule has 0 saturated heterocycles. The molecule has 1 N–H and O–H groups in total. The molecule has 0 aliphatic rings. The number of carbonyl (C=O) groups is 1. The molecule has 0 amide bonds. The van der Waals surface area contributed by atoms with E-state index in [1.165, 1.54) is 5.56 Å². The Labute approximate surface area is 126 Å². The summed E-state index contributed by atoms with van der Waals surface area (Å²) in [6, 6.07) is 19.9. The first-order chi connectivity index (χ1) is 10.2. The molecule has 1 atom stereocenters. The van der Waals surface area contributed by atoms with Crippen LogP contribution in [0.3, 0.4) is 0 Å². The Hall–Kier alpha value is -2.13. The lowest BCUT2D eigenvalue weighted by Gasteiger charge is -2.13. The van der Waals surface area contributed by atoms with E-state index in [1.54, 1.807) is 0 Å². The Kier molecular flexibility index (Phi) is 5.98. The van der Waals surface area contributed by atoms with Crippen LogP contribution >= 0.6 is 0 Å². The molecule has 2 aromatic rings. The number of esters is 1. The van der Waals surface area contributed by atoms with Gasteiger partial charge in [0.1, 0.15) is 6.61 Å². The molecule has 2 aromatic carbocycles. The zero-order valence-corrected chi connectivity index (χ0v) is 12.3. The van der Waals surface area contributed by atoms with Crippen LogP contribution in [0.5, 0.6) is 0 Å². The highest BCUT2D eigenvalue weighted by Crippen LogP contribution is 2.04. The second-order valence-corrected chi connectivity index (χ2v) is 5.12. The largest absolute Gasteiger partial charge is 0.461 e.